The van der Waals surface area contributed by atoms with Crippen molar-refractivity contribution >= 4 is 17.6 Å². The average Bonchev–Trinajstić information content (AvgIpc) is 3.06. The van der Waals surface area contributed by atoms with E-state index in [0.29, 0.717) is 36.8 Å². The summed E-state index contributed by atoms with van der Waals surface area (Å²) in [7, 11) is 0. The highest BCUT2D eigenvalue weighted by atomic mass is 16.6. The molecule has 0 saturated carbocycles. The number of benzene rings is 1. The second-order valence-corrected chi connectivity index (χ2v) is 5.54. The van der Waals surface area contributed by atoms with Crippen molar-refractivity contribution in [3.63, 3.8) is 0 Å². The lowest BCUT2D eigenvalue weighted by molar-refractivity contribution is -0.147. The molecule has 1 aliphatic carbocycles. The van der Waals surface area contributed by atoms with E-state index in [0.717, 1.165) is 12.8 Å². The van der Waals surface area contributed by atoms with Gasteiger partial charge >= 0.3 is 5.97 Å². The molecule has 1 amide bonds. The summed E-state index contributed by atoms with van der Waals surface area (Å²) in [5.74, 6) is 0.767. The molecule has 0 spiro atoms. The van der Waals surface area contributed by atoms with Crippen LogP contribution in [0.15, 0.2) is 30.4 Å². The van der Waals surface area contributed by atoms with Crippen molar-refractivity contribution in [3.05, 3.63) is 30.4 Å². The highest BCUT2D eigenvalue weighted by Crippen LogP contribution is 2.32. The first-order valence-electron chi connectivity index (χ1n) is 7.72. The quantitative estimate of drug-likeness (QED) is 0.666. The first-order valence-corrected chi connectivity index (χ1v) is 7.72. The van der Waals surface area contributed by atoms with Crippen LogP contribution in [-0.2, 0) is 14.3 Å². The van der Waals surface area contributed by atoms with E-state index in [-0.39, 0.29) is 24.4 Å². The summed E-state index contributed by atoms with van der Waals surface area (Å²) in [5, 5.41) is 2.68. The number of esters is 1. The number of fused-ring (bicyclic) bond motifs is 1. The number of hydrogen-bond donors (Lipinski definition) is 1. The van der Waals surface area contributed by atoms with E-state index in [4.69, 9.17) is 14.2 Å². The monoisotopic (exact) mass is 317 g/mol. The fourth-order valence-corrected chi connectivity index (χ4v) is 2.60. The van der Waals surface area contributed by atoms with Crippen molar-refractivity contribution in [1.29, 1.82) is 0 Å². The fourth-order valence-electron chi connectivity index (χ4n) is 2.60. The smallest absolute Gasteiger partial charge is 0.306 e. The second-order valence-electron chi connectivity index (χ2n) is 5.54. The summed E-state index contributed by atoms with van der Waals surface area (Å²) in [6.07, 6.45) is 6.39. The third kappa shape index (κ3) is 4.25. The number of carbonyl (C=O) groups is 2. The lowest BCUT2D eigenvalue weighted by Crippen LogP contribution is -2.22. The summed E-state index contributed by atoms with van der Waals surface area (Å²) < 4.78 is 15.9. The third-order valence-electron chi connectivity index (χ3n) is 3.73. The Morgan fingerprint density at radius 3 is 2.83 bits per heavy atom. The van der Waals surface area contributed by atoms with Crippen LogP contribution in [0.2, 0.25) is 0 Å². The number of anilines is 1. The van der Waals surface area contributed by atoms with E-state index in [1.807, 2.05) is 6.08 Å². The van der Waals surface area contributed by atoms with Crippen LogP contribution in [0.1, 0.15) is 19.3 Å². The number of nitrogens with one attached hydrogen (secondary N) is 1. The number of rotatable bonds is 5. The van der Waals surface area contributed by atoms with Gasteiger partial charge in [-0.05, 0) is 30.9 Å². The molecule has 1 aromatic rings. The Kier molecular flexibility index (Phi) is 4.80. The van der Waals surface area contributed by atoms with Crippen LogP contribution >= 0.6 is 0 Å². The maximum atomic E-state index is 11.8. The lowest BCUT2D eigenvalue weighted by atomic mass is 10.1. The summed E-state index contributed by atoms with van der Waals surface area (Å²) in [6.45, 7) is 0.714. The molecule has 6 heteroatoms. The van der Waals surface area contributed by atoms with Crippen LogP contribution in [0, 0.1) is 5.92 Å². The average molecular weight is 317 g/mol. The van der Waals surface area contributed by atoms with E-state index < -0.39 is 0 Å². The van der Waals surface area contributed by atoms with Gasteiger partial charge in [-0.2, -0.15) is 0 Å². The molecule has 0 radical (unpaired) electrons. The molecule has 0 aromatic heterocycles. The van der Waals surface area contributed by atoms with Gasteiger partial charge in [0, 0.05) is 11.8 Å². The first kappa shape index (κ1) is 15.4. The van der Waals surface area contributed by atoms with E-state index in [9.17, 15) is 9.59 Å². The van der Waals surface area contributed by atoms with Gasteiger partial charge in [-0.25, -0.2) is 0 Å². The highest BCUT2D eigenvalue weighted by molar-refractivity contribution is 5.93. The molecule has 23 heavy (non-hydrogen) atoms. The van der Waals surface area contributed by atoms with Gasteiger partial charge in [-0.3, -0.25) is 9.59 Å². The topological polar surface area (TPSA) is 73.9 Å². The van der Waals surface area contributed by atoms with Crippen LogP contribution in [-0.4, -0.2) is 31.7 Å². The number of hydrogen-bond acceptors (Lipinski definition) is 5. The van der Waals surface area contributed by atoms with Gasteiger partial charge < -0.3 is 19.5 Å². The van der Waals surface area contributed by atoms with Gasteiger partial charge in [-0.15, -0.1) is 0 Å². The van der Waals surface area contributed by atoms with Crippen molar-refractivity contribution in [3.8, 4) is 11.5 Å². The van der Waals surface area contributed by atoms with Gasteiger partial charge in [0.1, 0.15) is 13.2 Å². The van der Waals surface area contributed by atoms with Gasteiger partial charge in [-0.1, -0.05) is 12.2 Å². The minimum Gasteiger partial charge on any atom is -0.486 e. The molecule has 2 aliphatic rings. The molecule has 3 rings (SSSR count). The molecular formula is C17H19NO5. The van der Waals surface area contributed by atoms with E-state index in [1.165, 1.54) is 0 Å². The minimum atomic E-state index is -0.378. The summed E-state index contributed by atoms with van der Waals surface area (Å²) in [4.78, 5) is 23.5. The molecule has 0 saturated heterocycles. The molecule has 0 unspecified atom stereocenters. The molecule has 1 aromatic carbocycles. The van der Waals surface area contributed by atoms with Crippen LogP contribution < -0.4 is 14.8 Å². The SMILES string of the molecule is O=C(COC(=O)C[C@H]1C=CCC1)Nc1ccc2c(c1)OCCO2. The van der Waals surface area contributed by atoms with E-state index in [1.54, 1.807) is 18.2 Å². The summed E-state index contributed by atoms with van der Waals surface area (Å²) >= 11 is 0. The zero-order valence-electron chi connectivity index (χ0n) is 12.7. The number of carbonyl (C=O) groups excluding carboxylic acids is 2. The van der Waals surface area contributed by atoms with Gasteiger partial charge in [0.05, 0.1) is 6.42 Å². The normalized spacial score (nSPS) is 18.5. The van der Waals surface area contributed by atoms with Crippen molar-refractivity contribution in [2.45, 2.75) is 19.3 Å². The van der Waals surface area contributed by atoms with Gasteiger partial charge in [0.15, 0.2) is 18.1 Å². The van der Waals surface area contributed by atoms with Gasteiger partial charge in [0.25, 0.3) is 5.91 Å². The zero-order valence-corrected chi connectivity index (χ0v) is 12.7. The standard InChI is InChI=1S/C17H19NO5/c19-16(11-23-17(20)9-12-3-1-2-4-12)18-13-5-6-14-15(10-13)22-8-7-21-14/h1,3,5-6,10,12H,2,4,7-9,11H2,(H,18,19)/t12-/m0/s1. The molecule has 1 heterocycles. The number of amides is 1. The zero-order chi connectivity index (χ0) is 16.1. The molecule has 6 nitrogen and oxygen atoms in total. The number of ether oxygens (including phenoxy) is 3. The Labute approximate surface area is 134 Å². The maximum Gasteiger partial charge on any atom is 0.306 e. The molecule has 122 valence electrons. The third-order valence-corrected chi connectivity index (χ3v) is 3.73. The van der Waals surface area contributed by atoms with E-state index >= 15 is 0 Å². The lowest BCUT2D eigenvalue weighted by Gasteiger charge is -2.19. The Balaban J connectivity index is 1.45. The van der Waals surface area contributed by atoms with Crippen molar-refractivity contribution < 1.29 is 23.8 Å². The molecule has 0 fully saturated rings. The molecule has 1 atom stereocenters. The maximum absolute atomic E-state index is 11.8. The van der Waals surface area contributed by atoms with Crippen molar-refractivity contribution in [2.24, 2.45) is 5.92 Å². The fraction of sp³-hybridized carbons (Fsp3) is 0.412. The van der Waals surface area contributed by atoms with Crippen molar-refractivity contribution in [2.75, 3.05) is 25.1 Å². The molecular weight excluding hydrogens is 298 g/mol. The summed E-state index contributed by atoms with van der Waals surface area (Å²) in [5.41, 5.74) is 0.578. The van der Waals surface area contributed by atoms with Crippen molar-refractivity contribution in [1.82, 2.24) is 0 Å². The van der Waals surface area contributed by atoms with Crippen LogP contribution in [0.25, 0.3) is 0 Å². The largest absolute Gasteiger partial charge is 0.486 e. The number of allylic oxidation sites excluding steroid dienone is 2. The Morgan fingerprint density at radius 1 is 1.22 bits per heavy atom. The van der Waals surface area contributed by atoms with E-state index in [2.05, 4.69) is 11.4 Å². The van der Waals surface area contributed by atoms with Crippen LogP contribution in [0.5, 0.6) is 11.5 Å². The molecule has 1 N–H and O–H groups in total. The molecule has 0 bridgehead atoms. The van der Waals surface area contributed by atoms with Crippen LogP contribution in [0.4, 0.5) is 5.69 Å². The predicted octanol–water partition coefficient (Wildman–Crippen LogP) is 2.30. The Hall–Kier alpha value is -2.50. The van der Waals surface area contributed by atoms with Crippen LogP contribution in [0.3, 0.4) is 0 Å². The molecule has 1 aliphatic heterocycles. The van der Waals surface area contributed by atoms with Gasteiger partial charge in [0.2, 0.25) is 0 Å². The minimum absolute atomic E-state index is 0.239. The summed E-state index contributed by atoms with van der Waals surface area (Å²) in [6, 6.07) is 5.15. The Morgan fingerprint density at radius 2 is 2.04 bits per heavy atom. The Bertz CT molecular complexity index is 625. The second kappa shape index (κ2) is 7.17. The first-order chi connectivity index (χ1) is 11.2. The predicted molar refractivity (Wildman–Crippen MR) is 83.5 cm³/mol. The highest BCUT2D eigenvalue weighted by Gasteiger charge is 2.17.